The minimum atomic E-state index is -0.969. The number of alkyl halides is 1. The van der Waals surface area contributed by atoms with Crippen LogP contribution in [0.25, 0.3) is 0 Å². The summed E-state index contributed by atoms with van der Waals surface area (Å²) in [7, 11) is 0. The molecule has 0 aliphatic carbocycles. The zero-order chi connectivity index (χ0) is 9.78. The Morgan fingerprint density at radius 2 is 2.17 bits per heavy atom. The van der Waals surface area contributed by atoms with Gasteiger partial charge in [-0.3, -0.25) is 10.0 Å². The number of nitrogens with one attached hydrogen (secondary N) is 1. The maximum atomic E-state index is 11.2. The second-order valence-electron chi connectivity index (χ2n) is 2.97. The lowest BCUT2D eigenvalue weighted by Crippen LogP contribution is -2.45. The maximum Gasteiger partial charge on any atom is 0.264 e. The normalized spacial score (nSPS) is 18.1. The fraction of sp³-hybridized carbons (Fsp3) is 0.875. The topological polar surface area (TPSA) is 49.3 Å². The van der Waals surface area contributed by atoms with Gasteiger partial charge in [0.2, 0.25) is 0 Å². The molecule has 0 saturated carbocycles. The molecule has 0 bridgehead atoms. The van der Waals surface area contributed by atoms with Crippen LogP contribution in [-0.2, 0) is 4.79 Å². The number of halogens is 1. The second kappa shape index (κ2) is 4.67. The van der Waals surface area contributed by atoms with Crippen molar-refractivity contribution in [3.8, 4) is 0 Å². The minimum absolute atomic E-state index is 0.0521. The summed E-state index contributed by atoms with van der Waals surface area (Å²) in [6.45, 7) is 5.68. The molecule has 0 rings (SSSR count). The molecule has 0 heterocycles. The molecule has 0 fully saturated rings. The molecule has 3 nitrogen and oxygen atoms in total. The van der Waals surface area contributed by atoms with Crippen LogP contribution in [0.2, 0.25) is 0 Å². The highest BCUT2D eigenvalue weighted by Crippen LogP contribution is 2.31. The van der Waals surface area contributed by atoms with E-state index in [9.17, 15) is 4.79 Å². The van der Waals surface area contributed by atoms with Gasteiger partial charge in [0.1, 0.15) is 4.87 Å². The van der Waals surface area contributed by atoms with Crippen molar-refractivity contribution in [2.75, 3.05) is 0 Å². The lowest BCUT2D eigenvalue weighted by Gasteiger charge is -2.28. The molecule has 0 saturated heterocycles. The van der Waals surface area contributed by atoms with Crippen LogP contribution < -0.4 is 5.48 Å². The van der Waals surface area contributed by atoms with E-state index in [-0.39, 0.29) is 5.92 Å². The summed E-state index contributed by atoms with van der Waals surface area (Å²) in [6, 6.07) is 0. The van der Waals surface area contributed by atoms with Gasteiger partial charge in [0.25, 0.3) is 5.91 Å². The Morgan fingerprint density at radius 1 is 1.67 bits per heavy atom. The number of hydroxylamine groups is 1. The molecule has 0 radical (unpaired) electrons. The Bertz CT molecular complexity index is 163. The van der Waals surface area contributed by atoms with Crippen molar-refractivity contribution in [2.24, 2.45) is 5.92 Å². The molecule has 2 unspecified atom stereocenters. The molecule has 72 valence electrons. The first-order chi connectivity index (χ1) is 5.52. The van der Waals surface area contributed by atoms with Crippen LogP contribution in [0.15, 0.2) is 0 Å². The monoisotopic (exact) mass is 193 g/mol. The molecule has 4 heteroatoms. The van der Waals surface area contributed by atoms with Crippen molar-refractivity contribution in [3.63, 3.8) is 0 Å². The highest BCUT2D eigenvalue weighted by molar-refractivity contribution is 6.34. The third kappa shape index (κ3) is 2.11. The molecule has 0 aliphatic rings. The van der Waals surface area contributed by atoms with Gasteiger partial charge >= 0.3 is 0 Å². The zero-order valence-electron chi connectivity index (χ0n) is 7.72. The summed E-state index contributed by atoms with van der Waals surface area (Å²) in [6.07, 6.45) is 1.32. The molecule has 12 heavy (non-hydrogen) atoms. The van der Waals surface area contributed by atoms with Crippen LogP contribution in [0.1, 0.15) is 33.6 Å². The van der Waals surface area contributed by atoms with E-state index in [0.29, 0.717) is 6.42 Å². The smallest absolute Gasteiger partial charge is 0.264 e. The lowest BCUT2D eigenvalue weighted by molar-refractivity contribution is -0.133. The Hall–Kier alpha value is -0.280. The predicted molar refractivity (Wildman–Crippen MR) is 48.3 cm³/mol. The van der Waals surface area contributed by atoms with Gasteiger partial charge in [0, 0.05) is 0 Å². The average Bonchev–Trinajstić information content (AvgIpc) is 2.13. The second-order valence-corrected chi connectivity index (χ2v) is 3.64. The first-order valence-corrected chi connectivity index (χ1v) is 4.54. The summed E-state index contributed by atoms with van der Waals surface area (Å²) in [5, 5.41) is 8.46. The summed E-state index contributed by atoms with van der Waals surface area (Å²) in [5.74, 6) is -0.461. The van der Waals surface area contributed by atoms with E-state index in [1.54, 1.807) is 5.48 Å². The van der Waals surface area contributed by atoms with E-state index >= 15 is 0 Å². The van der Waals surface area contributed by atoms with Crippen molar-refractivity contribution >= 4 is 17.5 Å². The van der Waals surface area contributed by atoms with E-state index in [1.165, 1.54) is 0 Å². The van der Waals surface area contributed by atoms with Crippen molar-refractivity contribution in [3.05, 3.63) is 0 Å². The SMILES string of the molecule is CCC(C)C(Cl)(CC)C(=O)NO. The van der Waals surface area contributed by atoms with E-state index < -0.39 is 10.8 Å². The number of carbonyl (C=O) groups excluding carboxylic acids is 1. The van der Waals surface area contributed by atoms with Crippen molar-refractivity contribution in [2.45, 2.75) is 38.5 Å². The quantitative estimate of drug-likeness (QED) is 0.407. The highest BCUT2D eigenvalue weighted by atomic mass is 35.5. The third-order valence-corrected chi connectivity index (χ3v) is 3.20. The predicted octanol–water partition coefficient (Wildman–Crippen LogP) is 1.93. The van der Waals surface area contributed by atoms with Crippen LogP contribution in [0, 0.1) is 5.92 Å². The third-order valence-electron chi connectivity index (χ3n) is 2.39. The van der Waals surface area contributed by atoms with Crippen LogP contribution >= 0.6 is 11.6 Å². The molecule has 0 aromatic rings. The summed E-state index contributed by atoms with van der Waals surface area (Å²) >= 11 is 6.05. The number of hydrogen-bond acceptors (Lipinski definition) is 2. The Labute approximate surface area is 78.1 Å². The molecular weight excluding hydrogens is 178 g/mol. The first-order valence-electron chi connectivity index (χ1n) is 4.16. The Kier molecular flexibility index (Phi) is 4.57. The first kappa shape index (κ1) is 11.7. The average molecular weight is 194 g/mol. The van der Waals surface area contributed by atoms with Crippen molar-refractivity contribution in [1.29, 1.82) is 0 Å². The Morgan fingerprint density at radius 3 is 2.42 bits per heavy atom. The molecule has 1 amide bonds. The summed E-state index contributed by atoms with van der Waals surface area (Å²) in [4.78, 5) is 10.2. The fourth-order valence-corrected chi connectivity index (χ4v) is 1.35. The number of amides is 1. The molecule has 0 aliphatic heterocycles. The molecule has 0 spiro atoms. The zero-order valence-corrected chi connectivity index (χ0v) is 8.48. The fourth-order valence-electron chi connectivity index (χ4n) is 1.15. The van der Waals surface area contributed by atoms with Gasteiger partial charge in [-0.25, -0.2) is 5.48 Å². The van der Waals surface area contributed by atoms with Crippen molar-refractivity contribution < 1.29 is 10.0 Å². The maximum absolute atomic E-state index is 11.2. The minimum Gasteiger partial charge on any atom is -0.289 e. The summed E-state index contributed by atoms with van der Waals surface area (Å²) in [5.41, 5.74) is 1.60. The molecule has 0 aromatic carbocycles. The van der Waals surface area contributed by atoms with E-state index in [1.807, 2.05) is 20.8 Å². The van der Waals surface area contributed by atoms with Gasteiger partial charge in [0.15, 0.2) is 0 Å². The van der Waals surface area contributed by atoms with Crippen LogP contribution in [0.5, 0.6) is 0 Å². The number of carbonyl (C=O) groups is 1. The summed E-state index contributed by atoms with van der Waals surface area (Å²) < 4.78 is 0. The van der Waals surface area contributed by atoms with Crippen LogP contribution in [0.4, 0.5) is 0 Å². The standard InChI is InChI=1S/C8H16ClNO2/c1-4-6(3)8(9,5-2)7(11)10-12/h6,12H,4-5H2,1-3H3,(H,10,11). The molecule has 0 aromatic heterocycles. The number of hydrogen-bond donors (Lipinski definition) is 2. The van der Waals surface area contributed by atoms with E-state index in [0.717, 1.165) is 6.42 Å². The van der Waals surface area contributed by atoms with Gasteiger partial charge < -0.3 is 0 Å². The molecule has 2 atom stereocenters. The van der Waals surface area contributed by atoms with Crippen LogP contribution in [-0.4, -0.2) is 16.0 Å². The Balaban J connectivity index is 4.54. The number of rotatable bonds is 4. The molecular formula is C8H16ClNO2. The van der Waals surface area contributed by atoms with Crippen LogP contribution in [0.3, 0.4) is 0 Å². The van der Waals surface area contributed by atoms with E-state index in [2.05, 4.69) is 0 Å². The van der Waals surface area contributed by atoms with Gasteiger partial charge in [-0.1, -0.05) is 27.2 Å². The largest absolute Gasteiger partial charge is 0.289 e. The highest BCUT2D eigenvalue weighted by Gasteiger charge is 2.38. The van der Waals surface area contributed by atoms with Gasteiger partial charge in [-0.05, 0) is 12.3 Å². The lowest BCUT2D eigenvalue weighted by atomic mass is 9.88. The van der Waals surface area contributed by atoms with Crippen molar-refractivity contribution in [1.82, 2.24) is 5.48 Å². The van der Waals surface area contributed by atoms with Gasteiger partial charge in [0.05, 0.1) is 0 Å². The molecule has 2 N–H and O–H groups in total. The van der Waals surface area contributed by atoms with Gasteiger partial charge in [-0.15, -0.1) is 11.6 Å². The van der Waals surface area contributed by atoms with E-state index in [4.69, 9.17) is 16.8 Å². The van der Waals surface area contributed by atoms with Gasteiger partial charge in [-0.2, -0.15) is 0 Å².